The Morgan fingerprint density at radius 3 is 2.78 bits per heavy atom. The molecular formula is C12H19N5O. The van der Waals surface area contributed by atoms with Gasteiger partial charge in [0.25, 0.3) is 0 Å². The molecule has 6 heteroatoms. The zero-order valence-electron chi connectivity index (χ0n) is 10.7. The number of nitrogens with zero attached hydrogens (tertiary/aromatic N) is 4. The minimum Gasteiger partial charge on any atom is -0.409 e. The van der Waals surface area contributed by atoms with E-state index in [4.69, 9.17) is 10.9 Å². The van der Waals surface area contributed by atoms with E-state index >= 15 is 0 Å². The highest BCUT2D eigenvalue weighted by atomic mass is 16.4. The lowest BCUT2D eigenvalue weighted by Crippen LogP contribution is -2.40. The van der Waals surface area contributed by atoms with E-state index in [-0.39, 0.29) is 5.84 Å². The molecule has 1 aliphatic heterocycles. The number of rotatable bonds is 2. The number of oxime groups is 1. The summed E-state index contributed by atoms with van der Waals surface area (Å²) in [5, 5.41) is 11.5. The molecule has 2 atom stereocenters. The van der Waals surface area contributed by atoms with E-state index in [0.29, 0.717) is 11.7 Å². The van der Waals surface area contributed by atoms with Gasteiger partial charge in [-0.25, -0.2) is 9.97 Å². The number of hydrogen-bond donors (Lipinski definition) is 2. The average molecular weight is 249 g/mol. The smallest absolute Gasteiger partial charge is 0.190 e. The Labute approximate surface area is 107 Å². The van der Waals surface area contributed by atoms with E-state index in [9.17, 15) is 0 Å². The van der Waals surface area contributed by atoms with Crippen LogP contribution in [0.4, 0.5) is 5.82 Å². The molecule has 1 aliphatic rings. The zero-order chi connectivity index (χ0) is 13.1. The maximum Gasteiger partial charge on any atom is 0.190 e. The van der Waals surface area contributed by atoms with Gasteiger partial charge in [0.2, 0.25) is 0 Å². The Bertz CT molecular complexity index is 431. The number of nitrogens with two attached hydrogens (primary N) is 1. The quantitative estimate of drug-likeness (QED) is 0.356. The number of piperidine rings is 1. The Balaban J connectivity index is 2.14. The van der Waals surface area contributed by atoms with E-state index in [2.05, 4.69) is 33.9 Å². The molecule has 18 heavy (non-hydrogen) atoms. The first-order valence-electron chi connectivity index (χ1n) is 6.18. The first-order valence-corrected chi connectivity index (χ1v) is 6.18. The van der Waals surface area contributed by atoms with E-state index in [1.54, 1.807) is 6.20 Å². The topological polar surface area (TPSA) is 87.6 Å². The molecule has 2 unspecified atom stereocenters. The molecule has 1 aromatic heterocycles. The van der Waals surface area contributed by atoms with Crippen LogP contribution in [0.3, 0.4) is 0 Å². The summed E-state index contributed by atoms with van der Waals surface area (Å²) in [6, 6.07) is 0.470. The third-order valence-corrected chi connectivity index (χ3v) is 3.44. The summed E-state index contributed by atoms with van der Waals surface area (Å²) in [7, 11) is 0. The Kier molecular flexibility index (Phi) is 3.64. The van der Waals surface area contributed by atoms with E-state index in [1.807, 2.05) is 0 Å². The molecule has 0 aliphatic carbocycles. The van der Waals surface area contributed by atoms with Crippen molar-refractivity contribution in [1.82, 2.24) is 9.97 Å². The maximum absolute atomic E-state index is 8.56. The van der Waals surface area contributed by atoms with Crippen molar-refractivity contribution in [3.63, 3.8) is 0 Å². The van der Waals surface area contributed by atoms with Gasteiger partial charge in [0.1, 0.15) is 11.5 Å². The van der Waals surface area contributed by atoms with Crippen molar-refractivity contribution < 1.29 is 5.21 Å². The number of anilines is 1. The number of aromatic nitrogens is 2. The van der Waals surface area contributed by atoms with E-state index in [0.717, 1.165) is 18.3 Å². The van der Waals surface area contributed by atoms with Gasteiger partial charge in [0, 0.05) is 12.6 Å². The third kappa shape index (κ3) is 2.52. The number of hydrogen-bond acceptors (Lipinski definition) is 5. The predicted molar refractivity (Wildman–Crippen MR) is 69.7 cm³/mol. The minimum atomic E-state index is -0.0191. The van der Waals surface area contributed by atoms with Crippen LogP contribution < -0.4 is 10.6 Å². The van der Waals surface area contributed by atoms with Crippen molar-refractivity contribution in [3.05, 3.63) is 18.1 Å². The van der Waals surface area contributed by atoms with Crippen molar-refractivity contribution in [3.8, 4) is 0 Å². The fourth-order valence-corrected chi connectivity index (χ4v) is 2.40. The molecule has 1 aromatic rings. The molecule has 1 fully saturated rings. The normalized spacial score (nSPS) is 25.2. The molecule has 0 radical (unpaired) electrons. The third-order valence-electron chi connectivity index (χ3n) is 3.44. The van der Waals surface area contributed by atoms with Crippen LogP contribution in [0.1, 0.15) is 32.4 Å². The van der Waals surface area contributed by atoms with Gasteiger partial charge in [-0.2, -0.15) is 0 Å². The van der Waals surface area contributed by atoms with Gasteiger partial charge in [-0.1, -0.05) is 12.1 Å². The van der Waals surface area contributed by atoms with Crippen LogP contribution in [0.15, 0.2) is 17.5 Å². The highest BCUT2D eigenvalue weighted by Crippen LogP contribution is 2.25. The van der Waals surface area contributed by atoms with Crippen molar-refractivity contribution >= 4 is 11.7 Å². The summed E-state index contributed by atoms with van der Waals surface area (Å²) >= 11 is 0. The molecule has 0 amide bonds. The summed E-state index contributed by atoms with van der Waals surface area (Å²) in [4.78, 5) is 10.7. The Hall–Kier alpha value is -1.85. The highest BCUT2D eigenvalue weighted by Gasteiger charge is 2.24. The van der Waals surface area contributed by atoms with Crippen LogP contribution >= 0.6 is 0 Å². The molecule has 0 aromatic carbocycles. The van der Waals surface area contributed by atoms with Crippen LogP contribution in [-0.4, -0.2) is 33.6 Å². The SMILES string of the molecule is CC1CCN(c2cnc(C(N)=NO)cn2)C(C)C1. The lowest BCUT2D eigenvalue weighted by Gasteiger charge is -2.37. The molecule has 2 heterocycles. The molecule has 6 nitrogen and oxygen atoms in total. The number of amidine groups is 1. The van der Waals surface area contributed by atoms with Crippen LogP contribution in [-0.2, 0) is 0 Å². The van der Waals surface area contributed by atoms with Gasteiger partial charge in [-0.15, -0.1) is 0 Å². The van der Waals surface area contributed by atoms with Crippen molar-refractivity contribution in [2.75, 3.05) is 11.4 Å². The van der Waals surface area contributed by atoms with Gasteiger partial charge in [-0.05, 0) is 25.7 Å². The molecular weight excluding hydrogens is 230 g/mol. The summed E-state index contributed by atoms with van der Waals surface area (Å²) in [5.74, 6) is 1.60. The molecule has 0 spiro atoms. The van der Waals surface area contributed by atoms with Gasteiger partial charge in [-0.3, -0.25) is 0 Å². The fraction of sp³-hybridized carbons (Fsp3) is 0.583. The van der Waals surface area contributed by atoms with E-state index < -0.39 is 0 Å². The van der Waals surface area contributed by atoms with E-state index in [1.165, 1.54) is 19.0 Å². The Morgan fingerprint density at radius 2 is 2.22 bits per heavy atom. The molecule has 0 saturated carbocycles. The standard InChI is InChI=1S/C12H19N5O/c1-8-3-4-17(9(2)5-8)11-7-14-10(6-15-11)12(13)16-18/h6-9,18H,3-5H2,1-2H3,(H2,13,16). The second kappa shape index (κ2) is 5.20. The monoisotopic (exact) mass is 249 g/mol. The summed E-state index contributed by atoms with van der Waals surface area (Å²) in [6.45, 7) is 5.48. The summed E-state index contributed by atoms with van der Waals surface area (Å²) in [5.41, 5.74) is 5.84. The van der Waals surface area contributed by atoms with Crippen LogP contribution in [0.25, 0.3) is 0 Å². The lowest BCUT2D eigenvalue weighted by atomic mass is 9.93. The second-order valence-corrected chi connectivity index (χ2v) is 4.92. The molecule has 0 bridgehead atoms. The summed E-state index contributed by atoms with van der Waals surface area (Å²) in [6.07, 6.45) is 5.56. The summed E-state index contributed by atoms with van der Waals surface area (Å²) < 4.78 is 0. The molecule has 2 rings (SSSR count). The second-order valence-electron chi connectivity index (χ2n) is 4.92. The van der Waals surface area contributed by atoms with Crippen molar-refractivity contribution in [1.29, 1.82) is 0 Å². The molecule has 1 saturated heterocycles. The Morgan fingerprint density at radius 1 is 1.44 bits per heavy atom. The van der Waals surface area contributed by atoms with Gasteiger partial charge in [0.05, 0.1) is 12.4 Å². The molecule has 98 valence electrons. The first kappa shape index (κ1) is 12.6. The first-order chi connectivity index (χ1) is 8.61. The maximum atomic E-state index is 8.56. The minimum absolute atomic E-state index is 0.0191. The van der Waals surface area contributed by atoms with Crippen LogP contribution in [0, 0.1) is 5.92 Å². The average Bonchev–Trinajstić information content (AvgIpc) is 2.38. The molecule has 3 N–H and O–H groups in total. The lowest BCUT2D eigenvalue weighted by molar-refractivity contribution is 0.318. The fourth-order valence-electron chi connectivity index (χ4n) is 2.40. The zero-order valence-corrected chi connectivity index (χ0v) is 10.7. The van der Waals surface area contributed by atoms with Crippen LogP contribution in [0.5, 0.6) is 0 Å². The highest BCUT2D eigenvalue weighted by molar-refractivity contribution is 5.94. The van der Waals surface area contributed by atoms with Gasteiger partial charge < -0.3 is 15.8 Å². The van der Waals surface area contributed by atoms with Crippen molar-refractivity contribution in [2.24, 2.45) is 16.8 Å². The van der Waals surface area contributed by atoms with Gasteiger partial charge >= 0.3 is 0 Å². The largest absolute Gasteiger partial charge is 0.409 e. The van der Waals surface area contributed by atoms with Crippen LogP contribution in [0.2, 0.25) is 0 Å². The van der Waals surface area contributed by atoms with Crippen molar-refractivity contribution in [2.45, 2.75) is 32.7 Å². The predicted octanol–water partition coefficient (Wildman–Crippen LogP) is 1.20. The van der Waals surface area contributed by atoms with Gasteiger partial charge in [0.15, 0.2) is 5.84 Å².